The van der Waals surface area contributed by atoms with Crippen molar-refractivity contribution in [2.75, 3.05) is 11.4 Å². The van der Waals surface area contributed by atoms with Crippen LogP contribution in [0.1, 0.15) is 17.3 Å². The number of rotatable bonds is 7. The molecular weight excluding hydrogens is 440 g/mol. The summed E-state index contributed by atoms with van der Waals surface area (Å²) < 4.78 is 31.1. The first kappa shape index (κ1) is 22.3. The Hall–Kier alpha value is -3.88. The number of hydrogen-bond donors (Lipinski definition) is 2. The molecular formula is C25H22N2O5S. The largest absolute Gasteiger partial charge is 0.478 e. The first-order valence-corrected chi connectivity index (χ1v) is 11.8. The Morgan fingerprint density at radius 2 is 1.61 bits per heavy atom. The third-order valence-electron chi connectivity index (χ3n) is 5.22. The van der Waals surface area contributed by atoms with Gasteiger partial charge in [-0.3, -0.25) is 0 Å². The minimum absolute atomic E-state index is 0.0384. The summed E-state index contributed by atoms with van der Waals surface area (Å²) >= 11 is 0. The maximum atomic E-state index is 12.5. The summed E-state index contributed by atoms with van der Waals surface area (Å²) in [5, 5.41) is 17.1. The molecule has 0 aliphatic carbocycles. The van der Waals surface area contributed by atoms with Crippen LogP contribution in [0.2, 0.25) is 0 Å². The maximum Gasteiger partial charge on any atom is 0.335 e. The van der Waals surface area contributed by atoms with Crippen molar-refractivity contribution in [2.45, 2.75) is 11.8 Å². The van der Waals surface area contributed by atoms with Crippen molar-refractivity contribution in [3.8, 4) is 11.5 Å². The summed E-state index contributed by atoms with van der Waals surface area (Å²) in [7, 11) is -4.31. The zero-order valence-electron chi connectivity index (χ0n) is 17.8. The zero-order valence-corrected chi connectivity index (χ0v) is 18.6. The minimum Gasteiger partial charge on any atom is -0.478 e. The third-order valence-corrected chi connectivity index (χ3v) is 6.13. The normalized spacial score (nSPS) is 11.3. The van der Waals surface area contributed by atoms with Crippen LogP contribution in [0.3, 0.4) is 0 Å². The highest BCUT2D eigenvalue weighted by Gasteiger charge is 2.27. The fourth-order valence-electron chi connectivity index (χ4n) is 3.75. The average Bonchev–Trinajstić information content (AvgIpc) is 2.80. The number of nitrogens with two attached hydrogens (primary N) is 1. The molecule has 168 valence electrons. The van der Waals surface area contributed by atoms with E-state index in [0.29, 0.717) is 12.3 Å². The van der Waals surface area contributed by atoms with Crippen LogP contribution in [0.15, 0.2) is 89.8 Å². The molecule has 0 heterocycles. The quantitative estimate of drug-likeness (QED) is 0.394. The molecule has 8 heteroatoms. The smallest absolute Gasteiger partial charge is 0.335 e. The zero-order chi connectivity index (χ0) is 23.6. The molecule has 0 saturated heterocycles. The molecule has 7 nitrogen and oxygen atoms in total. The topological polar surface area (TPSA) is 110 Å². The van der Waals surface area contributed by atoms with E-state index in [-0.39, 0.29) is 17.0 Å². The highest BCUT2D eigenvalue weighted by molar-refractivity contribution is 7.89. The van der Waals surface area contributed by atoms with Gasteiger partial charge < -0.3 is 14.7 Å². The Bertz CT molecular complexity index is 1430. The lowest BCUT2D eigenvalue weighted by Crippen LogP contribution is -2.21. The summed E-state index contributed by atoms with van der Waals surface area (Å²) in [6.07, 6.45) is 0. The molecule has 3 N–H and O–H groups in total. The molecule has 4 rings (SSSR count). The lowest BCUT2D eigenvalue weighted by atomic mass is 10.1. The molecule has 0 aliphatic rings. The van der Waals surface area contributed by atoms with Crippen molar-refractivity contribution in [3.05, 3.63) is 90.5 Å². The predicted molar refractivity (Wildman–Crippen MR) is 128 cm³/mol. The summed E-state index contributed by atoms with van der Waals surface area (Å²) in [4.78, 5) is 13.3. The Kier molecular flexibility index (Phi) is 6.04. The lowest BCUT2D eigenvalue weighted by molar-refractivity contribution is 0.0696. The molecule has 0 unspecified atom stereocenters. The maximum absolute atomic E-state index is 12.5. The number of nitrogens with zero attached hydrogens (tertiary/aromatic N) is 1. The van der Waals surface area contributed by atoms with Gasteiger partial charge in [-0.25, -0.2) is 18.4 Å². The van der Waals surface area contributed by atoms with Gasteiger partial charge in [0, 0.05) is 17.6 Å². The van der Waals surface area contributed by atoms with Gasteiger partial charge in [-0.05, 0) is 42.6 Å². The molecule has 0 atom stereocenters. The molecule has 0 spiro atoms. The number of benzene rings is 4. The van der Waals surface area contributed by atoms with E-state index in [0.717, 1.165) is 22.5 Å². The number of sulfonamides is 1. The van der Waals surface area contributed by atoms with Crippen LogP contribution in [0.25, 0.3) is 10.8 Å². The van der Waals surface area contributed by atoms with Gasteiger partial charge in [-0.15, -0.1) is 0 Å². The van der Waals surface area contributed by atoms with E-state index in [1.54, 1.807) is 30.3 Å². The van der Waals surface area contributed by atoms with Crippen molar-refractivity contribution < 1.29 is 23.1 Å². The van der Waals surface area contributed by atoms with Crippen LogP contribution >= 0.6 is 0 Å². The third kappa shape index (κ3) is 4.52. The Morgan fingerprint density at radius 1 is 0.939 bits per heavy atom. The lowest BCUT2D eigenvalue weighted by Gasteiger charge is -2.28. The van der Waals surface area contributed by atoms with Gasteiger partial charge in [0.1, 0.15) is 10.6 Å². The van der Waals surface area contributed by atoms with E-state index in [2.05, 4.69) is 0 Å². The fraction of sp³-hybridized carbons (Fsp3) is 0.0800. The number of carboxylic acids is 1. The molecule has 4 aromatic carbocycles. The number of fused-ring (bicyclic) bond motifs is 1. The number of carboxylic acid groups (broad SMARTS) is 1. The number of primary sulfonamides is 1. The first-order chi connectivity index (χ1) is 15.8. The highest BCUT2D eigenvalue weighted by Crippen LogP contribution is 2.43. The number of para-hydroxylation sites is 1. The summed E-state index contributed by atoms with van der Waals surface area (Å²) in [6, 6.07) is 24.6. The van der Waals surface area contributed by atoms with Crippen LogP contribution in [0, 0.1) is 0 Å². The van der Waals surface area contributed by atoms with Crippen LogP contribution in [0.4, 0.5) is 11.4 Å². The second-order valence-electron chi connectivity index (χ2n) is 7.33. The van der Waals surface area contributed by atoms with E-state index in [1.165, 1.54) is 6.07 Å². The Morgan fingerprint density at radius 3 is 2.27 bits per heavy atom. The van der Waals surface area contributed by atoms with Crippen LogP contribution in [0.5, 0.6) is 11.5 Å². The molecule has 33 heavy (non-hydrogen) atoms. The second-order valence-corrected chi connectivity index (χ2v) is 8.86. The molecule has 4 aromatic rings. The predicted octanol–water partition coefficient (Wildman–Crippen LogP) is 5.14. The summed E-state index contributed by atoms with van der Waals surface area (Å²) in [5.41, 5.74) is 0.839. The first-order valence-electron chi connectivity index (χ1n) is 10.2. The molecule has 0 bridgehead atoms. The summed E-state index contributed by atoms with van der Waals surface area (Å²) in [6.45, 7) is 2.30. The van der Waals surface area contributed by atoms with Crippen molar-refractivity contribution in [2.24, 2.45) is 5.14 Å². The van der Waals surface area contributed by atoms with Gasteiger partial charge in [0.15, 0.2) is 5.75 Å². The molecule has 0 aromatic heterocycles. The fourth-order valence-corrected chi connectivity index (χ4v) is 4.44. The number of aromatic carboxylic acids is 1. The Labute approximate surface area is 191 Å². The van der Waals surface area contributed by atoms with Crippen LogP contribution < -0.4 is 14.8 Å². The van der Waals surface area contributed by atoms with E-state index in [4.69, 9.17) is 9.88 Å². The highest BCUT2D eigenvalue weighted by atomic mass is 32.2. The molecule has 0 fully saturated rings. The van der Waals surface area contributed by atoms with E-state index < -0.39 is 20.9 Å². The number of anilines is 2. The second kappa shape index (κ2) is 8.93. The van der Waals surface area contributed by atoms with Crippen LogP contribution in [-0.2, 0) is 10.0 Å². The monoisotopic (exact) mass is 462 g/mol. The standard InChI is InChI=1S/C25H22N2O5S/c1-2-27(21-14-8-10-17-9-6-7-13-20(17)21)22-15-18(25(28)29)16-23(33(26,30)31)24(22)32-19-11-4-3-5-12-19/h3-16H,2H2,1H3,(H,28,29)(H2,26,30,31). The van der Waals surface area contributed by atoms with Gasteiger partial charge in [-0.1, -0.05) is 54.6 Å². The Balaban J connectivity index is 2.04. The van der Waals surface area contributed by atoms with Gasteiger partial charge >= 0.3 is 5.97 Å². The molecule has 0 radical (unpaired) electrons. The number of hydrogen-bond acceptors (Lipinski definition) is 5. The molecule has 0 amide bonds. The minimum atomic E-state index is -4.31. The SMILES string of the molecule is CCN(c1cc(C(=O)O)cc(S(N)(=O)=O)c1Oc1ccccc1)c1cccc2ccccc12. The number of carbonyl (C=O) groups is 1. The van der Waals surface area contributed by atoms with Gasteiger partial charge in [0.05, 0.1) is 11.3 Å². The molecule has 0 aliphatic heterocycles. The van der Waals surface area contributed by atoms with Crippen molar-refractivity contribution >= 4 is 38.1 Å². The number of ether oxygens (including phenoxy) is 1. The van der Waals surface area contributed by atoms with E-state index in [1.807, 2.05) is 54.3 Å². The van der Waals surface area contributed by atoms with Crippen LogP contribution in [-0.4, -0.2) is 26.0 Å². The molecule has 0 saturated carbocycles. The van der Waals surface area contributed by atoms with Gasteiger partial charge in [0.25, 0.3) is 0 Å². The van der Waals surface area contributed by atoms with Gasteiger partial charge in [0.2, 0.25) is 10.0 Å². The van der Waals surface area contributed by atoms with Gasteiger partial charge in [-0.2, -0.15) is 0 Å². The van der Waals surface area contributed by atoms with E-state index >= 15 is 0 Å². The van der Waals surface area contributed by atoms with E-state index in [9.17, 15) is 18.3 Å². The van der Waals surface area contributed by atoms with Crippen molar-refractivity contribution in [3.63, 3.8) is 0 Å². The van der Waals surface area contributed by atoms with Crippen molar-refractivity contribution in [1.29, 1.82) is 0 Å². The van der Waals surface area contributed by atoms with Crippen molar-refractivity contribution in [1.82, 2.24) is 0 Å². The summed E-state index contributed by atoms with van der Waals surface area (Å²) in [5.74, 6) is -0.925. The average molecular weight is 463 g/mol.